The number of fused-ring (bicyclic) bond motifs is 1. The first-order valence-corrected chi connectivity index (χ1v) is 10.5. The Labute approximate surface area is 199 Å². The normalized spacial score (nSPS) is 12.5. The van der Waals surface area contributed by atoms with Crippen molar-refractivity contribution >= 4 is 52.2 Å². The topological polar surface area (TPSA) is 132 Å². The van der Waals surface area contributed by atoms with Crippen LogP contribution >= 0.6 is 23.2 Å². The molecule has 3 rings (SSSR count). The highest BCUT2D eigenvalue weighted by Crippen LogP contribution is 2.27. The van der Waals surface area contributed by atoms with Crippen LogP contribution in [0.4, 0.5) is 16.2 Å². The van der Waals surface area contributed by atoms with E-state index < -0.39 is 23.6 Å². The number of urea groups is 1. The number of ether oxygens (including phenoxy) is 1. The van der Waals surface area contributed by atoms with Gasteiger partial charge in [-0.05, 0) is 33.8 Å². The van der Waals surface area contributed by atoms with E-state index in [9.17, 15) is 9.59 Å². The number of halogens is 2. The van der Waals surface area contributed by atoms with Crippen LogP contribution in [-0.2, 0) is 9.57 Å². The molecule has 3 aromatic rings. The van der Waals surface area contributed by atoms with Crippen LogP contribution in [0.15, 0.2) is 24.5 Å². The van der Waals surface area contributed by atoms with Crippen molar-refractivity contribution in [2.45, 2.75) is 39.4 Å². The maximum atomic E-state index is 12.6. The highest BCUT2D eigenvalue weighted by molar-refractivity contribution is 6.33. The second-order valence-corrected chi connectivity index (χ2v) is 8.75. The average Bonchev–Trinajstić information content (AvgIpc) is 3.11. The minimum Gasteiger partial charge on any atom is -0.375 e. The predicted molar refractivity (Wildman–Crippen MR) is 124 cm³/mol. The Kier molecular flexibility index (Phi) is 7.38. The summed E-state index contributed by atoms with van der Waals surface area (Å²) in [5.74, 6) is -0.610. The summed E-state index contributed by atoms with van der Waals surface area (Å²) in [7, 11) is 1.53. The molecule has 0 saturated carbocycles. The molecule has 3 heterocycles. The highest BCUT2D eigenvalue weighted by atomic mass is 35.5. The van der Waals surface area contributed by atoms with Gasteiger partial charge in [0.15, 0.2) is 10.8 Å². The maximum absolute atomic E-state index is 12.6. The minimum absolute atomic E-state index is 0.0331. The molecular formula is C20H23Cl2N7O4. The Morgan fingerprint density at radius 3 is 2.48 bits per heavy atom. The maximum Gasteiger partial charge on any atom is 0.323 e. The number of rotatable bonds is 6. The quantitative estimate of drug-likeness (QED) is 0.435. The molecule has 3 N–H and O–H groups in total. The van der Waals surface area contributed by atoms with Crippen molar-refractivity contribution < 1.29 is 19.2 Å². The summed E-state index contributed by atoms with van der Waals surface area (Å²) < 4.78 is 6.90. The number of nitrogens with zero attached hydrogens (tertiary/aromatic N) is 4. The van der Waals surface area contributed by atoms with Crippen LogP contribution in [0.25, 0.3) is 5.65 Å². The van der Waals surface area contributed by atoms with Crippen LogP contribution in [0.5, 0.6) is 0 Å². The Hall–Kier alpha value is -2.99. The molecule has 0 unspecified atom stereocenters. The molecule has 0 fully saturated rings. The molecule has 0 saturated heterocycles. The van der Waals surface area contributed by atoms with Crippen LogP contribution in [0.3, 0.4) is 0 Å². The lowest BCUT2D eigenvalue weighted by Gasteiger charge is -2.19. The summed E-state index contributed by atoms with van der Waals surface area (Å²) in [6.07, 6.45) is 2.35. The van der Waals surface area contributed by atoms with E-state index in [0.29, 0.717) is 17.0 Å². The van der Waals surface area contributed by atoms with E-state index in [-0.39, 0.29) is 21.6 Å². The van der Waals surface area contributed by atoms with Crippen LogP contribution in [0, 0.1) is 0 Å². The first-order valence-electron chi connectivity index (χ1n) is 9.77. The largest absolute Gasteiger partial charge is 0.375 e. The van der Waals surface area contributed by atoms with Crippen LogP contribution in [0.1, 0.15) is 50.0 Å². The number of carbonyl (C=O) groups is 2. The molecule has 0 aliphatic carbocycles. The smallest absolute Gasteiger partial charge is 0.323 e. The van der Waals surface area contributed by atoms with Crippen molar-refractivity contribution in [2.24, 2.45) is 0 Å². The Morgan fingerprint density at radius 1 is 1.12 bits per heavy atom. The molecule has 1 atom stereocenters. The van der Waals surface area contributed by atoms with Gasteiger partial charge in [0, 0.05) is 13.2 Å². The highest BCUT2D eigenvalue weighted by Gasteiger charge is 2.20. The second kappa shape index (κ2) is 9.87. The standard InChI is InChI=1S/C20H23Cl2N7O4/c1-10(32-5)17-13(9-23-15-7-14(22)27-29(15)17)26-19(31)25-11-6-12(21)16(24-8-11)18(30)28-33-20(2,3)4/h6-10H,1-5H3,(H,28,30)(H2,25,26,31)/t10-/m0/s1. The molecule has 3 amide bonds. The molecule has 11 nitrogen and oxygen atoms in total. The van der Waals surface area contributed by atoms with E-state index in [0.717, 1.165) is 0 Å². The summed E-state index contributed by atoms with van der Waals surface area (Å²) in [5.41, 5.74) is 3.34. The van der Waals surface area contributed by atoms with Gasteiger partial charge in [-0.3, -0.25) is 9.63 Å². The zero-order valence-electron chi connectivity index (χ0n) is 18.6. The summed E-state index contributed by atoms with van der Waals surface area (Å²) in [6.45, 7) is 7.13. The number of hydroxylamine groups is 1. The van der Waals surface area contributed by atoms with Gasteiger partial charge >= 0.3 is 6.03 Å². The summed E-state index contributed by atoms with van der Waals surface area (Å²) >= 11 is 12.2. The zero-order valence-corrected chi connectivity index (χ0v) is 20.1. The lowest BCUT2D eigenvalue weighted by atomic mass is 10.2. The van der Waals surface area contributed by atoms with E-state index >= 15 is 0 Å². The molecule has 0 spiro atoms. The summed E-state index contributed by atoms with van der Waals surface area (Å²) in [6, 6.07) is 2.40. The Balaban J connectivity index is 1.75. The monoisotopic (exact) mass is 495 g/mol. The summed E-state index contributed by atoms with van der Waals surface area (Å²) in [5, 5.41) is 9.79. The minimum atomic E-state index is -0.610. The fraction of sp³-hybridized carbons (Fsp3) is 0.350. The average molecular weight is 496 g/mol. The Bertz CT molecular complexity index is 1190. The number of carbonyl (C=O) groups excluding carboxylic acids is 2. The molecule has 0 bridgehead atoms. The van der Waals surface area contributed by atoms with Gasteiger partial charge in [-0.15, -0.1) is 0 Å². The number of pyridine rings is 1. The van der Waals surface area contributed by atoms with Gasteiger partial charge in [0.1, 0.15) is 5.69 Å². The predicted octanol–water partition coefficient (Wildman–Crippen LogP) is 4.24. The SMILES string of the molecule is CO[C@@H](C)c1c(NC(=O)Nc2cnc(C(=O)NOC(C)(C)C)c(Cl)c2)cnc2cc(Cl)nn12. The van der Waals surface area contributed by atoms with Gasteiger partial charge in [-0.2, -0.15) is 5.10 Å². The molecule has 3 aromatic heterocycles. The number of aromatic nitrogens is 4. The Morgan fingerprint density at radius 2 is 1.85 bits per heavy atom. The van der Waals surface area contributed by atoms with Crippen LogP contribution in [0.2, 0.25) is 10.2 Å². The molecule has 0 aliphatic heterocycles. The molecule has 0 radical (unpaired) electrons. The second-order valence-electron chi connectivity index (χ2n) is 7.95. The number of nitrogens with one attached hydrogen (secondary N) is 3. The molecule has 13 heteroatoms. The summed E-state index contributed by atoms with van der Waals surface area (Å²) in [4.78, 5) is 38.3. The van der Waals surface area contributed by atoms with Gasteiger partial charge in [0.25, 0.3) is 5.91 Å². The fourth-order valence-electron chi connectivity index (χ4n) is 2.73. The molecule has 0 aliphatic rings. The van der Waals surface area contributed by atoms with E-state index in [1.54, 1.807) is 33.8 Å². The van der Waals surface area contributed by atoms with Crippen molar-refractivity contribution in [1.82, 2.24) is 25.1 Å². The van der Waals surface area contributed by atoms with Crippen LogP contribution in [-0.4, -0.2) is 44.2 Å². The third-order valence-electron chi connectivity index (χ3n) is 4.24. The van der Waals surface area contributed by atoms with E-state index in [1.165, 1.54) is 30.1 Å². The number of anilines is 2. The number of methoxy groups -OCH3 is 1. The lowest BCUT2D eigenvalue weighted by Crippen LogP contribution is -2.34. The zero-order chi connectivity index (χ0) is 24.3. The van der Waals surface area contributed by atoms with Gasteiger partial charge in [0.2, 0.25) is 0 Å². The van der Waals surface area contributed by atoms with Crippen molar-refractivity contribution in [3.8, 4) is 0 Å². The van der Waals surface area contributed by atoms with Crippen LogP contribution < -0.4 is 16.1 Å². The third-order valence-corrected chi connectivity index (χ3v) is 4.71. The van der Waals surface area contributed by atoms with Crippen molar-refractivity contribution in [3.63, 3.8) is 0 Å². The molecule has 0 aromatic carbocycles. The van der Waals surface area contributed by atoms with Crippen molar-refractivity contribution in [2.75, 3.05) is 17.7 Å². The lowest BCUT2D eigenvalue weighted by molar-refractivity contribution is -0.0591. The van der Waals surface area contributed by atoms with Crippen molar-refractivity contribution in [3.05, 3.63) is 46.1 Å². The number of hydrogen-bond acceptors (Lipinski definition) is 7. The molecule has 176 valence electrons. The molecular weight excluding hydrogens is 473 g/mol. The fourth-order valence-corrected chi connectivity index (χ4v) is 3.15. The van der Waals surface area contributed by atoms with E-state index in [4.69, 9.17) is 32.8 Å². The van der Waals surface area contributed by atoms with Gasteiger partial charge in [0.05, 0.1) is 46.2 Å². The number of hydrogen-bond donors (Lipinski definition) is 3. The first-order chi connectivity index (χ1) is 15.5. The van der Waals surface area contributed by atoms with Crippen molar-refractivity contribution in [1.29, 1.82) is 0 Å². The third kappa shape index (κ3) is 6.08. The van der Waals surface area contributed by atoms with E-state index in [2.05, 4.69) is 31.2 Å². The van der Waals surface area contributed by atoms with Gasteiger partial charge < -0.3 is 15.4 Å². The first kappa shape index (κ1) is 24.6. The van der Waals surface area contributed by atoms with Gasteiger partial charge in [-0.1, -0.05) is 23.2 Å². The number of amides is 3. The molecule has 33 heavy (non-hydrogen) atoms. The van der Waals surface area contributed by atoms with E-state index in [1.807, 2.05) is 0 Å². The van der Waals surface area contributed by atoms with Gasteiger partial charge in [-0.25, -0.2) is 24.8 Å².